The van der Waals surface area contributed by atoms with Crippen LogP contribution < -0.4 is 0 Å². The molecule has 0 saturated carbocycles. The Labute approximate surface area is 144 Å². The number of methoxy groups -OCH3 is 2. The van der Waals surface area contributed by atoms with Crippen LogP contribution in [0.3, 0.4) is 0 Å². The number of carbonyl (C=O) groups is 2. The predicted molar refractivity (Wildman–Crippen MR) is 89.8 cm³/mol. The fourth-order valence-electron chi connectivity index (χ4n) is 2.48. The first-order chi connectivity index (χ1) is 11.0. The molecule has 0 N–H and O–H groups in total. The molecule has 0 aliphatic carbocycles. The molecule has 24 heavy (non-hydrogen) atoms. The van der Waals surface area contributed by atoms with Crippen LogP contribution in [0.1, 0.15) is 40.5 Å². The first-order valence-electron chi connectivity index (χ1n) is 7.61. The molecule has 7 heteroatoms. The summed E-state index contributed by atoms with van der Waals surface area (Å²) < 4.78 is 21.4. The number of rotatable bonds is 6. The van der Waals surface area contributed by atoms with E-state index in [-0.39, 0.29) is 12.8 Å². The summed E-state index contributed by atoms with van der Waals surface area (Å²) in [6.45, 7) is 11.5. The average molecular weight is 336 g/mol. The molecule has 1 fully saturated rings. The summed E-state index contributed by atoms with van der Waals surface area (Å²) in [5.74, 6) is 0.797. The highest BCUT2D eigenvalue weighted by Crippen LogP contribution is 2.41. The van der Waals surface area contributed by atoms with E-state index in [0.717, 1.165) is 0 Å². The molecule has 1 aliphatic rings. The number of terminal acetylenes is 1. The number of allylic oxidation sites excluding steroid dienone is 1. The number of hydrogen-bond acceptors (Lipinski definition) is 6. The first-order valence-corrected chi connectivity index (χ1v) is 7.61. The topological polar surface area (TPSA) is 71.1 Å². The Bertz CT molecular complexity index is 540. The lowest BCUT2D eigenvalue weighted by molar-refractivity contribution is -0.168. The van der Waals surface area contributed by atoms with Gasteiger partial charge in [-0.15, -0.1) is 18.9 Å². The van der Waals surface area contributed by atoms with Crippen LogP contribution >= 0.6 is 0 Å². The van der Waals surface area contributed by atoms with Gasteiger partial charge in [0.2, 0.25) is 0 Å². The van der Waals surface area contributed by atoms with Crippen LogP contribution in [0.5, 0.6) is 0 Å². The van der Waals surface area contributed by atoms with E-state index in [1.54, 1.807) is 0 Å². The van der Waals surface area contributed by atoms with Crippen LogP contribution in [0, 0.1) is 17.8 Å². The fraction of sp³-hybridized carbons (Fsp3) is 0.647. The highest BCUT2D eigenvalue weighted by molar-refractivity contribution is 6.54. The highest BCUT2D eigenvalue weighted by atomic mass is 16.7. The summed E-state index contributed by atoms with van der Waals surface area (Å²) in [5, 5.41) is 0. The molecule has 132 valence electrons. The highest BCUT2D eigenvalue weighted by Gasteiger charge is 2.55. The molecule has 1 rings (SSSR count). The largest absolute Gasteiger partial charge is 0.490 e. The molecule has 0 bridgehead atoms. The van der Waals surface area contributed by atoms with Crippen molar-refractivity contribution in [2.45, 2.75) is 51.7 Å². The molecule has 1 saturated heterocycles. The third-order valence-electron chi connectivity index (χ3n) is 4.67. The first kappa shape index (κ1) is 20.3. The lowest BCUT2D eigenvalue weighted by Gasteiger charge is -2.32. The SMILES string of the molecule is C#CCC(CC(=C)B1OC(C)(C)C(C)(C)O1)(C(=O)OC)C(=O)OC. The van der Waals surface area contributed by atoms with Gasteiger partial charge in [-0.2, -0.15) is 0 Å². The molecule has 0 aromatic rings. The lowest BCUT2D eigenvalue weighted by atomic mass is 9.68. The van der Waals surface area contributed by atoms with Crippen molar-refractivity contribution >= 4 is 19.1 Å². The molecule has 0 radical (unpaired) electrons. The van der Waals surface area contributed by atoms with E-state index < -0.39 is 35.7 Å². The van der Waals surface area contributed by atoms with Gasteiger partial charge < -0.3 is 18.8 Å². The summed E-state index contributed by atoms with van der Waals surface area (Å²) in [5.41, 5.74) is -2.38. The summed E-state index contributed by atoms with van der Waals surface area (Å²) in [6, 6.07) is 0. The molecule has 0 aromatic carbocycles. The van der Waals surface area contributed by atoms with E-state index in [1.165, 1.54) is 14.2 Å². The summed E-state index contributed by atoms with van der Waals surface area (Å²) in [7, 11) is 1.61. The van der Waals surface area contributed by atoms with Gasteiger partial charge in [-0.05, 0) is 39.6 Å². The molecule has 0 aromatic heterocycles. The van der Waals surface area contributed by atoms with Crippen LogP contribution in [0.25, 0.3) is 0 Å². The minimum absolute atomic E-state index is 0.0899. The standard InChI is InChI=1S/C17H25BO6/c1-9-10-17(13(19)21-7,14(20)22-8)11-12(2)18-23-15(3,4)16(5,6)24-18/h1H,2,10-11H2,3-8H3. The zero-order valence-corrected chi connectivity index (χ0v) is 15.2. The maximum Gasteiger partial charge on any atom is 0.490 e. The Morgan fingerprint density at radius 2 is 1.54 bits per heavy atom. The number of esters is 2. The van der Waals surface area contributed by atoms with Gasteiger partial charge >= 0.3 is 19.1 Å². The minimum Gasteiger partial charge on any atom is -0.468 e. The second kappa shape index (κ2) is 7.00. The van der Waals surface area contributed by atoms with E-state index >= 15 is 0 Å². The van der Waals surface area contributed by atoms with Gasteiger partial charge in [0.05, 0.1) is 25.4 Å². The summed E-state index contributed by atoms with van der Waals surface area (Å²) >= 11 is 0. The second-order valence-electron chi connectivity index (χ2n) is 6.87. The van der Waals surface area contributed by atoms with E-state index in [4.69, 9.17) is 25.2 Å². The zero-order valence-electron chi connectivity index (χ0n) is 15.2. The Morgan fingerprint density at radius 3 is 1.88 bits per heavy atom. The van der Waals surface area contributed by atoms with Crippen LogP contribution in [-0.2, 0) is 28.4 Å². The predicted octanol–water partition coefficient (Wildman–Crippen LogP) is 1.92. The zero-order chi connectivity index (χ0) is 18.8. The smallest absolute Gasteiger partial charge is 0.468 e. The van der Waals surface area contributed by atoms with Gasteiger partial charge in [0, 0.05) is 6.42 Å². The number of carbonyl (C=O) groups excluding carboxylic acids is 2. The normalized spacial score (nSPS) is 18.6. The molecule has 6 nitrogen and oxygen atoms in total. The van der Waals surface area contributed by atoms with E-state index in [1.807, 2.05) is 27.7 Å². The van der Waals surface area contributed by atoms with Gasteiger partial charge in [-0.3, -0.25) is 9.59 Å². The maximum absolute atomic E-state index is 12.3. The summed E-state index contributed by atoms with van der Waals surface area (Å²) in [4.78, 5) is 24.6. The number of hydrogen-bond donors (Lipinski definition) is 0. The Hall–Kier alpha value is -1.78. The van der Waals surface area contributed by atoms with Crippen molar-refractivity contribution < 1.29 is 28.4 Å². The van der Waals surface area contributed by atoms with Crippen molar-refractivity contribution in [1.29, 1.82) is 0 Å². The quantitative estimate of drug-likeness (QED) is 0.319. The van der Waals surface area contributed by atoms with Gasteiger partial charge in [-0.25, -0.2) is 0 Å². The Balaban J connectivity index is 3.12. The van der Waals surface area contributed by atoms with Crippen LogP contribution in [0.4, 0.5) is 0 Å². The lowest BCUT2D eigenvalue weighted by Crippen LogP contribution is -2.43. The number of ether oxygens (including phenoxy) is 2. The molecule has 1 heterocycles. The third-order valence-corrected chi connectivity index (χ3v) is 4.67. The fourth-order valence-corrected chi connectivity index (χ4v) is 2.48. The van der Waals surface area contributed by atoms with E-state index in [0.29, 0.717) is 5.47 Å². The molecule has 0 amide bonds. The van der Waals surface area contributed by atoms with Crippen molar-refractivity contribution in [3.8, 4) is 12.3 Å². The minimum atomic E-state index is -1.67. The van der Waals surface area contributed by atoms with Gasteiger partial charge in [-0.1, -0.05) is 0 Å². The van der Waals surface area contributed by atoms with Crippen molar-refractivity contribution in [2.75, 3.05) is 14.2 Å². The summed E-state index contributed by atoms with van der Waals surface area (Å²) in [6.07, 6.45) is 5.09. The van der Waals surface area contributed by atoms with E-state index in [2.05, 4.69) is 12.5 Å². The van der Waals surface area contributed by atoms with Crippen LogP contribution in [0.2, 0.25) is 0 Å². The van der Waals surface area contributed by atoms with Gasteiger partial charge in [0.15, 0.2) is 5.41 Å². The molecular formula is C17H25BO6. The van der Waals surface area contributed by atoms with Crippen LogP contribution in [0.15, 0.2) is 12.1 Å². The van der Waals surface area contributed by atoms with Gasteiger partial charge in [0.1, 0.15) is 0 Å². The monoisotopic (exact) mass is 336 g/mol. The van der Waals surface area contributed by atoms with Crippen molar-refractivity contribution in [3.05, 3.63) is 12.1 Å². The molecule has 0 spiro atoms. The molecule has 0 atom stereocenters. The Morgan fingerprint density at radius 1 is 1.12 bits per heavy atom. The van der Waals surface area contributed by atoms with E-state index in [9.17, 15) is 9.59 Å². The molecule has 1 aliphatic heterocycles. The van der Waals surface area contributed by atoms with Crippen molar-refractivity contribution in [2.24, 2.45) is 5.41 Å². The van der Waals surface area contributed by atoms with Crippen LogP contribution in [-0.4, -0.2) is 44.5 Å². The average Bonchev–Trinajstić information content (AvgIpc) is 2.73. The Kier molecular flexibility index (Phi) is 5.91. The van der Waals surface area contributed by atoms with Gasteiger partial charge in [0.25, 0.3) is 0 Å². The third kappa shape index (κ3) is 3.50. The molecule has 0 unspecified atom stereocenters. The van der Waals surface area contributed by atoms with Crippen molar-refractivity contribution in [3.63, 3.8) is 0 Å². The van der Waals surface area contributed by atoms with Crippen molar-refractivity contribution in [1.82, 2.24) is 0 Å². The maximum atomic E-state index is 12.3. The second-order valence-corrected chi connectivity index (χ2v) is 6.87. The molecular weight excluding hydrogens is 311 g/mol.